The maximum atomic E-state index is 11.6. The smallest absolute Gasteiger partial charge is 0.133 e. The zero-order valence-corrected chi connectivity index (χ0v) is 13.9. The van der Waals surface area contributed by atoms with Gasteiger partial charge in [0.05, 0.1) is 10.7 Å². The van der Waals surface area contributed by atoms with Crippen molar-refractivity contribution in [3.63, 3.8) is 0 Å². The van der Waals surface area contributed by atoms with Gasteiger partial charge >= 0.3 is 0 Å². The maximum absolute atomic E-state index is 11.6. The minimum Gasteiger partial charge on any atom is -0.344 e. The summed E-state index contributed by atoms with van der Waals surface area (Å²) in [5, 5.41) is 3.76. The minimum atomic E-state index is 0.311. The van der Waals surface area contributed by atoms with Gasteiger partial charge in [-0.25, -0.2) is 4.99 Å². The average Bonchev–Trinajstić information content (AvgIpc) is 2.41. The average molecular weight is 323 g/mol. The normalized spacial score (nSPS) is 13.5. The third kappa shape index (κ3) is 3.89. The van der Waals surface area contributed by atoms with Crippen molar-refractivity contribution in [1.29, 1.82) is 0 Å². The number of benzene rings is 1. The Bertz CT molecular complexity index is 611. The van der Waals surface area contributed by atoms with E-state index in [2.05, 4.69) is 16.9 Å². The second-order valence-corrected chi connectivity index (χ2v) is 6.47. The standard InChI is InChI=1S/C16H19ClN2OS/c1-4-5-12(20)8-9-21-14-7-6-13-15(16(14)17)10(2)18-11(3)19-13/h6-7H,2,4-5,8-9H2,1,3H3,(H,18,19). The molecule has 0 aromatic heterocycles. The van der Waals surface area contributed by atoms with Crippen LogP contribution in [0.15, 0.2) is 28.6 Å². The highest BCUT2D eigenvalue weighted by atomic mass is 35.5. The monoisotopic (exact) mass is 322 g/mol. The van der Waals surface area contributed by atoms with Gasteiger partial charge in [-0.1, -0.05) is 25.1 Å². The molecule has 21 heavy (non-hydrogen) atoms. The highest BCUT2D eigenvalue weighted by Crippen LogP contribution is 2.40. The molecule has 0 bridgehead atoms. The second kappa shape index (κ2) is 7.14. The van der Waals surface area contributed by atoms with Crippen molar-refractivity contribution in [2.45, 2.75) is 38.0 Å². The fourth-order valence-corrected chi connectivity index (χ4v) is 3.59. The summed E-state index contributed by atoms with van der Waals surface area (Å²) >= 11 is 8.08. The van der Waals surface area contributed by atoms with Crippen LogP contribution in [0.25, 0.3) is 5.70 Å². The van der Waals surface area contributed by atoms with E-state index in [0.717, 1.165) is 39.9 Å². The molecule has 0 unspecified atom stereocenters. The van der Waals surface area contributed by atoms with Gasteiger partial charge in [0.25, 0.3) is 0 Å². The minimum absolute atomic E-state index is 0.311. The number of hydrogen-bond donors (Lipinski definition) is 1. The topological polar surface area (TPSA) is 41.5 Å². The summed E-state index contributed by atoms with van der Waals surface area (Å²) in [6, 6.07) is 3.92. The number of nitrogens with zero attached hydrogens (tertiary/aromatic N) is 1. The van der Waals surface area contributed by atoms with Gasteiger partial charge in [-0.2, -0.15) is 0 Å². The van der Waals surface area contributed by atoms with Crippen LogP contribution in [-0.2, 0) is 4.79 Å². The SMILES string of the molecule is C=C1NC(C)=Nc2ccc(SCCC(=O)CCC)c(Cl)c21. The Hall–Kier alpha value is -1.26. The maximum Gasteiger partial charge on any atom is 0.133 e. The zero-order valence-electron chi connectivity index (χ0n) is 12.3. The lowest BCUT2D eigenvalue weighted by atomic mass is 10.1. The number of ketones is 1. The van der Waals surface area contributed by atoms with Crippen molar-refractivity contribution in [1.82, 2.24) is 5.32 Å². The van der Waals surface area contributed by atoms with Gasteiger partial charge in [0.1, 0.15) is 11.6 Å². The van der Waals surface area contributed by atoms with E-state index < -0.39 is 0 Å². The van der Waals surface area contributed by atoms with Gasteiger partial charge in [0.15, 0.2) is 0 Å². The lowest BCUT2D eigenvalue weighted by Crippen LogP contribution is -2.21. The fourth-order valence-electron chi connectivity index (χ4n) is 2.21. The molecule has 0 spiro atoms. The van der Waals surface area contributed by atoms with Gasteiger partial charge in [-0.3, -0.25) is 4.79 Å². The Balaban J connectivity index is 2.11. The first-order chi connectivity index (χ1) is 10.0. The highest BCUT2D eigenvalue weighted by Gasteiger charge is 2.18. The number of aliphatic imine (C=N–C) groups is 1. The highest BCUT2D eigenvalue weighted by molar-refractivity contribution is 7.99. The first-order valence-corrected chi connectivity index (χ1v) is 8.38. The van der Waals surface area contributed by atoms with Crippen molar-refractivity contribution < 1.29 is 4.79 Å². The summed E-state index contributed by atoms with van der Waals surface area (Å²) in [6.45, 7) is 7.91. The molecule has 1 heterocycles. The molecule has 0 radical (unpaired) electrons. The van der Waals surface area contributed by atoms with Crippen molar-refractivity contribution in [2.24, 2.45) is 4.99 Å². The molecule has 0 atom stereocenters. The molecule has 1 aromatic carbocycles. The van der Waals surface area contributed by atoms with E-state index in [1.807, 2.05) is 26.0 Å². The van der Waals surface area contributed by atoms with E-state index in [0.29, 0.717) is 23.6 Å². The molecule has 0 saturated heterocycles. The summed E-state index contributed by atoms with van der Waals surface area (Å²) < 4.78 is 0. The molecule has 5 heteroatoms. The van der Waals surface area contributed by atoms with E-state index in [-0.39, 0.29) is 0 Å². The fraction of sp³-hybridized carbons (Fsp3) is 0.375. The number of halogens is 1. The molecule has 112 valence electrons. The molecule has 1 N–H and O–H groups in total. The number of nitrogens with one attached hydrogen (secondary N) is 1. The van der Waals surface area contributed by atoms with E-state index in [1.54, 1.807) is 11.8 Å². The predicted octanol–water partition coefficient (Wildman–Crippen LogP) is 4.82. The zero-order chi connectivity index (χ0) is 15.4. The molecule has 2 rings (SSSR count). The van der Waals surface area contributed by atoms with Crippen LogP contribution in [-0.4, -0.2) is 17.4 Å². The van der Waals surface area contributed by atoms with Crippen LogP contribution in [0, 0.1) is 0 Å². The first kappa shape index (κ1) is 16.1. The van der Waals surface area contributed by atoms with Crippen LogP contribution in [0.4, 0.5) is 5.69 Å². The Morgan fingerprint density at radius 2 is 2.19 bits per heavy atom. The summed E-state index contributed by atoms with van der Waals surface area (Å²) in [5.41, 5.74) is 2.46. The van der Waals surface area contributed by atoms with Crippen molar-refractivity contribution in [2.75, 3.05) is 5.75 Å². The third-order valence-corrected chi connectivity index (χ3v) is 4.74. The molecule has 0 aliphatic carbocycles. The summed E-state index contributed by atoms with van der Waals surface area (Å²) in [5.74, 6) is 1.87. The Kier molecular flexibility index (Phi) is 5.48. The van der Waals surface area contributed by atoms with Gasteiger partial charge in [-0.05, 0) is 25.5 Å². The Labute approximate surface area is 134 Å². The first-order valence-electron chi connectivity index (χ1n) is 7.01. The lowest BCUT2D eigenvalue weighted by molar-refractivity contribution is -0.118. The second-order valence-electron chi connectivity index (χ2n) is 4.96. The summed E-state index contributed by atoms with van der Waals surface area (Å²) in [4.78, 5) is 16.9. The van der Waals surface area contributed by atoms with Crippen LogP contribution in [0.5, 0.6) is 0 Å². The Morgan fingerprint density at radius 1 is 1.43 bits per heavy atom. The Morgan fingerprint density at radius 3 is 2.90 bits per heavy atom. The van der Waals surface area contributed by atoms with Gasteiger partial charge < -0.3 is 5.32 Å². The van der Waals surface area contributed by atoms with Gasteiger partial charge in [-0.15, -0.1) is 11.8 Å². The van der Waals surface area contributed by atoms with Crippen LogP contribution in [0.3, 0.4) is 0 Å². The van der Waals surface area contributed by atoms with E-state index in [9.17, 15) is 4.79 Å². The molecule has 0 saturated carbocycles. The number of hydrogen-bond acceptors (Lipinski definition) is 4. The molecule has 1 aliphatic heterocycles. The number of fused-ring (bicyclic) bond motifs is 1. The number of carbonyl (C=O) groups is 1. The number of carbonyl (C=O) groups excluding carboxylic acids is 1. The van der Waals surface area contributed by atoms with Crippen molar-refractivity contribution >= 4 is 46.4 Å². The summed E-state index contributed by atoms with van der Waals surface area (Å²) in [7, 11) is 0. The predicted molar refractivity (Wildman–Crippen MR) is 91.6 cm³/mol. The van der Waals surface area contributed by atoms with Crippen LogP contribution in [0.2, 0.25) is 5.02 Å². The quantitative estimate of drug-likeness (QED) is 0.764. The molecule has 3 nitrogen and oxygen atoms in total. The van der Waals surface area contributed by atoms with E-state index in [1.165, 1.54) is 0 Å². The van der Waals surface area contributed by atoms with Crippen molar-refractivity contribution in [3.8, 4) is 0 Å². The number of amidine groups is 1. The van der Waals surface area contributed by atoms with Gasteiger partial charge in [0, 0.05) is 34.8 Å². The largest absolute Gasteiger partial charge is 0.344 e. The van der Waals surface area contributed by atoms with Crippen LogP contribution >= 0.6 is 23.4 Å². The third-order valence-electron chi connectivity index (χ3n) is 3.17. The van der Waals surface area contributed by atoms with Gasteiger partial charge in [0.2, 0.25) is 0 Å². The number of rotatable bonds is 6. The molecule has 1 aliphatic rings. The van der Waals surface area contributed by atoms with Crippen molar-refractivity contribution in [3.05, 3.63) is 29.3 Å². The molecule has 1 aromatic rings. The molecule has 0 fully saturated rings. The number of Topliss-reactive ketones (excluding diaryl/α,β-unsaturated/α-hetero) is 1. The van der Waals surface area contributed by atoms with Crippen LogP contribution < -0.4 is 5.32 Å². The van der Waals surface area contributed by atoms with E-state index in [4.69, 9.17) is 11.6 Å². The lowest BCUT2D eigenvalue weighted by Gasteiger charge is -2.20. The molecular formula is C16H19ClN2OS. The number of thioether (sulfide) groups is 1. The van der Waals surface area contributed by atoms with Crippen LogP contribution in [0.1, 0.15) is 38.7 Å². The molecular weight excluding hydrogens is 304 g/mol. The van der Waals surface area contributed by atoms with E-state index >= 15 is 0 Å². The molecule has 0 amide bonds. The summed E-state index contributed by atoms with van der Waals surface area (Å²) in [6.07, 6.45) is 2.15.